The van der Waals surface area contributed by atoms with Crippen LogP contribution >= 0.6 is 11.8 Å². The van der Waals surface area contributed by atoms with E-state index in [-0.39, 0.29) is 11.9 Å². The molecule has 2 N–H and O–H groups in total. The molecule has 1 atom stereocenters. The van der Waals surface area contributed by atoms with Gasteiger partial charge < -0.3 is 10.6 Å². The highest BCUT2D eigenvalue weighted by atomic mass is 32.2. The monoisotopic (exact) mass is 252 g/mol. The first-order valence-electron chi connectivity index (χ1n) is 5.72. The average Bonchev–Trinajstić information content (AvgIpc) is 2.35. The second kappa shape index (κ2) is 6.55. The lowest BCUT2D eigenvalue weighted by Gasteiger charge is -2.27. The summed E-state index contributed by atoms with van der Waals surface area (Å²) in [5.41, 5.74) is 6.96. The molecule has 0 spiro atoms. The van der Waals surface area contributed by atoms with Crippen molar-refractivity contribution in [1.82, 2.24) is 4.90 Å². The van der Waals surface area contributed by atoms with Gasteiger partial charge in [-0.15, -0.1) is 0 Å². The normalized spacial score (nSPS) is 12.2. The van der Waals surface area contributed by atoms with Gasteiger partial charge in [0.05, 0.1) is 5.56 Å². The number of thioether (sulfide) groups is 1. The molecule has 0 bridgehead atoms. The Hall–Kier alpha value is -1.16. The molecule has 1 rings (SSSR count). The first-order valence-corrected chi connectivity index (χ1v) is 7.11. The molecule has 94 valence electrons. The third-order valence-electron chi connectivity index (χ3n) is 2.89. The summed E-state index contributed by atoms with van der Waals surface area (Å²) in [6, 6.07) is 7.48. The molecule has 0 heterocycles. The van der Waals surface area contributed by atoms with Crippen molar-refractivity contribution >= 4 is 23.4 Å². The van der Waals surface area contributed by atoms with Crippen LogP contribution in [0.3, 0.4) is 0 Å². The standard InChI is InChI=1S/C13H20N2OS/c1-4-10(9-17-3)15(2)13(16)11-7-5-6-8-12(11)14/h5-8,10H,4,9,14H2,1-3H3. The second-order valence-corrected chi connectivity index (χ2v) is 4.93. The van der Waals surface area contributed by atoms with Gasteiger partial charge in [-0.05, 0) is 24.8 Å². The second-order valence-electron chi connectivity index (χ2n) is 4.02. The third kappa shape index (κ3) is 3.40. The number of hydrogen-bond acceptors (Lipinski definition) is 3. The molecule has 17 heavy (non-hydrogen) atoms. The van der Waals surface area contributed by atoms with E-state index in [0.29, 0.717) is 11.3 Å². The van der Waals surface area contributed by atoms with Gasteiger partial charge in [0.2, 0.25) is 0 Å². The van der Waals surface area contributed by atoms with Gasteiger partial charge in [0.1, 0.15) is 0 Å². The number of benzene rings is 1. The van der Waals surface area contributed by atoms with E-state index in [0.717, 1.165) is 12.2 Å². The molecule has 0 saturated heterocycles. The number of para-hydroxylation sites is 1. The SMILES string of the molecule is CCC(CSC)N(C)C(=O)c1ccccc1N. The minimum absolute atomic E-state index is 0.00370. The van der Waals surface area contributed by atoms with Crippen molar-refractivity contribution in [3.63, 3.8) is 0 Å². The number of amides is 1. The molecule has 0 fully saturated rings. The summed E-state index contributed by atoms with van der Waals surface area (Å²) in [6.07, 6.45) is 3.01. The maximum absolute atomic E-state index is 12.3. The van der Waals surface area contributed by atoms with Gasteiger partial charge >= 0.3 is 0 Å². The van der Waals surface area contributed by atoms with Crippen LogP contribution in [-0.2, 0) is 0 Å². The fourth-order valence-electron chi connectivity index (χ4n) is 1.74. The van der Waals surface area contributed by atoms with E-state index in [9.17, 15) is 4.79 Å². The van der Waals surface area contributed by atoms with Gasteiger partial charge in [-0.3, -0.25) is 4.79 Å². The number of anilines is 1. The molecule has 3 nitrogen and oxygen atoms in total. The van der Waals surface area contributed by atoms with Crippen molar-refractivity contribution < 1.29 is 4.79 Å². The zero-order valence-corrected chi connectivity index (χ0v) is 11.5. The summed E-state index contributed by atoms with van der Waals surface area (Å²) in [6.45, 7) is 2.10. The number of nitrogen functional groups attached to an aromatic ring is 1. The van der Waals surface area contributed by atoms with Crippen molar-refractivity contribution in [3.05, 3.63) is 29.8 Å². The summed E-state index contributed by atoms with van der Waals surface area (Å²) >= 11 is 1.75. The van der Waals surface area contributed by atoms with Gasteiger partial charge in [-0.1, -0.05) is 19.1 Å². The lowest BCUT2D eigenvalue weighted by atomic mass is 10.1. The van der Waals surface area contributed by atoms with Gasteiger partial charge in [-0.25, -0.2) is 0 Å². The van der Waals surface area contributed by atoms with Crippen molar-refractivity contribution in [1.29, 1.82) is 0 Å². The van der Waals surface area contributed by atoms with Gasteiger partial charge in [0.25, 0.3) is 5.91 Å². The highest BCUT2D eigenvalue weighted by Gasteiger charge is 2.20. The van der Waals surface area contributed by atoms with Crippen LogP contribution in [0.15, 0.2) is 24.3 Å². The van der Waals surface area contributed by atoms with Crippen molar-refractivity contribution in [2.75, 3.05) is 24.8 Å². The van der Waals surface area contributed by atoms with Crippen molar-refractivity contribution in [3.8, 4) is 0 Å². The smallest absolute Gasteiger partial charge is 0.255 e. The van der Waals surface area contributed by atoms with E-state index in [4.69, 9.17) is 5.73 Å². The summed E-state index contributed by atoms with van der Waals surface area (Å²) in [4.78, 5) is 14.1. The predicted molar refractivity (Wildman–Crippen MR) is 75.4 cm³/mol. The van der Waals surface area contributed by atoms with E-state index in [1.807, 2.05) is 19.2 Å². The molecule has 1 amide bonds. The number of carbonyl (C=O) groups excluding carboxylic acids is 1. The van der Waals surface area contributed by atoms with Crippen LogP contribution in [-0.4, -0.2) is 35.9 Å². The Balaban J connectivity index is 2.85. The number of rotatable bonds is 5. The number of hydrogen-bond donors (Lipinski definition) is 1. The summed E-state index contributed by atoms with van der Waals surface area (Å²) in [5, 5.41) is 0. The zero-order valence-electron chi connectivity index (χ0n) is 10.6. The fourth-order valence-corrected chi connectivity index (χ4v) is 2.59. The third-order valence-corrected chi connectivity index (χ3v) is 3.61. The van der Waals surface area contributed by atoms with Crippen LogP contribution < -0.4 is 5.73 Å². The highest BCUT2D eigenvalue weighted by molar-refractivity contribution is 7.98. The van der Waals surface area contributed by atoms with Crippen molar-refractivity contribution in [2.45, 2.75) is 19.4 Å². The summed E-state index contributed by atoms with van der Waals surface area (Å²) < 4.78 is 0. The maximum atomic E-state index is 12.3. The first-order chi connectivity index (χ1) is 8.11. The van der Waals surface area contributed by atoms with Gasteiger partial charge in [0.15, 0.2) is 0 Å². The summed E-state index contributed by atoms with van der Waals surface area (Å²) in [5.74, 6) is 0.954. The Morgan fingerprint density at radius 2 is 2.12 bits per heavy atom. The van der Waals surface area contributed by atoms with Crippen LogP contribution in [0.2, 0.25) is 0 Å². The minimum Gasteiger partial charge on any atom is -0.398 e. The lowest BCUT2D eigenvalue weighted by Crippen LogP contribution is -2.38. The Bertz CT molecular complexity index is 381. The van der Waals surface area contributed by atoms with Crippen LogP contribution in [0.5, 0.6) is 0 Å². The molecule has 0 aliphatic rings. The Kier molecular flexibility index (Phi) is 5.35. The maximum Gasteiger partial charge on any atom is 0.255 e. The predicted octanol–water partition coefficient (Wildman–Crippen LogP) is 2.48. The van der Waals surface area contributed by atoms with Crippen LogP contribution in [0.4, 0.5) is 5.69 Å². The van der Waals surface area contributed by atoms with Crippen LogP contribution in [0.25, 0.3) is 0 Å². The van der Waals surface area contributed by atoms with E-state index in [1.165, 1.54) is 0 Å². The highest BCUT2D eigenvalue weighted by Crippen LogP contribution is 2.16. The first kappa shape index (κ1) is 13.9. The molecule has 1 aromatic rings. The van der Waals surface area contributed by atoms with E-state index in [2.05, 4.69) is 13.2 Å². The Morgan fingerprint density at radius 1 is 1.47 bits per heavy atom. The molecule has 0 aliphatic heterocycles. The molecular formula is C13H20N2OS. The fraction of sp³-hybridized carbons (Fsp3) is 0.462. The Labute approximate surface area is 107 Å². The molecule has 0 radical (unpaired) electrons. The van der Waals surface area contributed by atoms with Crippen LogP contribution in [0.1, 0.15) is 23.7 Å². The molecule has 1 unspecified atom stereocenters. The Morgan fingerprint density at radius 3 is 2.65 bits per heavy atom. The molecule has 4 heteroatoms. The van der Waals surface area contributed by atoms with E-state index < -0.39 is 0 Å². The van der Waals surface area contributed by atoms with Gasteiger partial charge in [0, 0.05) is 24.5 Å². The molecular weight excluding hydrogens is 232 g/mol. The lowest BCUT2D eigenvalue weighted by molar-refractivity contribution is 0.0744. The van der Waals surface area contributed by atoms with E-state index >= 15 is 0 Å². The minimum atomic E-state index is 0.00370. The largest absolute Gasteiger partial charge is 0.398 e. The molecule has 0 saturated carbocycles. The average molecular weight is 252 g/mol. The van der Waals surface area contributed by atoms with Crippen LogP contribution in [0, 0.1) is 0 Å². The van der Waals surface area contributed by atoms with Gasteiger partial charge in [-0.2, -0.15) is 11.8 Å². The molecule has 0 aliphatic carbocycles. The van der Waals surface area contributed by atoms with Crippen molar-refractivity contribution in [2.24, 2.45) is 0 Å². The topological polar surface area (TPSA) is 46.3 Å². The van der Waals surface area contributed by atoms with E-state index in [1.54, 1.807) is 28.8 Å². The molecule has 0 aromatic heterocycles. The quantitative estimate of drug-likeness (QED) is 0.819. The molecule has 1 aromatic carbocycles. The number of nitrogens with zero attached hydrogens (tertiary/aromatic N) is 1. The zero-order chi connectivity index (χ0) is 12.8. The summed E-state index contributed by atoms with van der Waals surface area (Å²) in [7, 11) is 1.85. The number of nitrogens with two attached hydrogens (primary N) is 1. The number of carbonyl (C=O) groups is 1.